The first-order valence-electron chi connectivity index (χ1n) is 6.19. The smallest absolute Gasteiger partial charge is 0.401 e. The Kier molecular flexibility index (Phi) is 2.71. The van der Waals surface area contributed by atoms with Crippen LogP contribution >= 0.6 is 0 Å². The molecule has 0 amide bonds. The highest BCUT2D eigenvalue weighted by Gasteiger charge is 2.14. The maximum atomic E-state index is 5.22. The van der Waals surface area contributed by atoms with Crippen molar-refractivity contribution in [2.45, 2.75) is 13.8 Å². The van der Waals surface area contributed by atoms with Crippen LogP contribution in [0.4, 0.5) is 0 Å². The molecule has 4 nitrogen and oxygen atoms in total. The molecule has 0 radical (unpaired) electrons. The Hall–Kier alpha value is -2.36. The molecular formula is C15H16N3O+. The molecule has 0 atom stereocenters. The second kappa shape index (κ2) is 4.39. The van der Waals surface area contributed by atoms with Gasteiger partial charge in [-0.3, -0.25) is 0 Å². The summed E-state index contributed by atoms with van der Waals surface area (Å²) in [6.07, 6.45) is 4.11. The Balaban J connectivity index is 2.14. The molecule has 3 aromatic rings. The standard InChI is InChI=1S/C15H16N3O/c1-10-6-11(2)9-18(8-10)15-16-13-5-4-12(19-3)7-14(13)17-15/h4-9H,1-3H3,(H,16,17)/q+1. The van der Waals surface area contributed by atoms with E-state index < -0.39 is 0 Å². The molecule has 2 aromatic heterocycles. The molecular weight excluding hydrogens is 238 g/mol. The highest BCUT2D eigenvalue weighted by Crippen LogP contribution is 2.18. The number of ether oxygens (including phenoxy) is 1. The third-order valence-electron chi connectivity index (χ3n) is 3.06. The van der Waals surface area contributed by atoms with Crippen LogP contribution in [-0.2, 0) is 0 Å². The number of methoxy groups -OCH3 is 1. The number of hydrogen-bond acceptors (Lipinski definition) is 2. The lowest BCUT2D eigenvalue weighted by Gasteiger charge is -1.98. The predicted octanol–water partition coefficient (Wildman–Crippen LogP) is 2.47. The van der Waals surface area contributed by atoms with Crippen molar-refractivity contribution < 1.29 is 9.30 Å². The van der Waals surface area contributed by atoms with Crippen LogP contribution in [0.3, 0.4) is 0 Å². The Bertz CT molecular complexity index is 726. The number of rotatable bonds is 2. The van der Waals surface area contributed by atoms with Crippen LogP contribution in [0.5, 0.6) is 5.75 Å². The number of aryl methyl sites for hydroxylation is 2. The van der Waals surface area contributed by atoms with Gasteiger partial charge in [-0.2, -0.15) is 0 Å². The Morgan fingerprint density at radius 1 is 1.11 bits per heavy atom. The first-order valence-corrected chi connectivity index (χ1v) is 6.19. The lowest BCUT2D eigenvalue weighted by molar-refractivity contribution is -0.603. The van der Waals surface area contributed by atoms with E-state index in [1.807, 2.05) is 22.8 Å². The van der Waals surface area contributed by atoms with E-state index >= 15 is 0 Å². The average Bonchev–Trinajstić information content (AvgIpc) is 2.80. The topological polar surface area (TPSA) is 41.8 Å². The number of pyridine rings is 1. The van der Waals surface area contributed by atoms with Crippen molar-refractivity contribution in [1.29, 1.82) is 0 Å². The zero-order valence-corrected chi connectivity index (χ0v) is 11.3. The van der Waals surface area contributed by atoms with Crippen molar-refractivity contribution in [2.24, 2.45) is 0 Å². The fraction of sp³-hybridized carbons (Fsp3) is 0.200. The van der Waals surface area contributed by atoms with Crippen molar-refractivity contribution in [3.63, 3.8) is 0 Å². The summed E-state index contributed by atoms with van der Waals surface area (Å²) in [5.74, 6) is 1.64. The molecule has 0 aliphatic heterocycles. The molecule has 1 N–H and O–H groups in total. The summed E-state index contributed by atoms with van der Waals surface area (Å²) in [6, 6.07) is 7.97. The van der Waals surface area contributed by atoms with E-state index in [2.05, 4.69) is 42.3 Å². The monoisotopic (exact) mass is 254 g/mol. The van der Waals surface area contributed by atoms with Gasteiger partial charge < -0.3 is 4.74 Å². The molecule has 0 saturated heterocycles. The third kappa shape index (κ3) is 2.17. The second-order valence-electron chi connectivity index (χ2n) is 4.74. The van der Waals surface area contributed by atoms with E-state index in [0.29, 0.717) is 0 Å². The van der Waals surface area contributed by atoms with Gasteiger partial charge in [-0.15, -0.1) is 0 Å². The van der Waals surface area contributed by atoms with Crippen molar-refractivity contribution in [3.05, 3.63) is 47.8 Å². The molecule has 0 fully saturated rings. The number of fused-ring (bicyclic) bond motifs is 1. The minimum atomic E-state index is 0.815. The Morgan fingerprint density at radius 3 is 2.53 bits per heavy atom. The van der Waals surface area contributed by atoms with Crippen molar-refractivity contribution in [3.8, 4) is 11.7 Å². The molecule has 0 unspecified atom stereocenters. The highest BCUT2D eigenvalue weighted by molar-refractivity contribution is 5.77. The van der Waals surface area contributed by atoms with E-state index in [1.54, 1.807) is 7.11 Å². The van der Waals surface area contributed by atoms with Crippen molar-refractivity contribution in [2.75, 3.05) is 7.11 Å². The van der Waals surface area contributed by atoms with Crippen LogP contribution in [0.2, 0.25) is 0 Å². The van der Waals surface area contributed by atoms with Crippen LogP contribution in [0, 0.1) is 13.8 Å². The van der Waals surface area contributed by atoms with Crippen LogP contribution in [0.1, 0.15) is 11.1 Å². The van der Waals surface area contributed by atoms with Crippen LogP contribution < -0.4 is 9.30 Å². The van der Waals surface area contributed by atoms with Crippen molar-refractivity contribution >= 4 is 11.0 Å². The molecule has 0 saturated carbocycles. The summed E-state index contributed by atoms with van der Waals surface area (Å²) in [6.45, 7) is 4.16. The number of nitrogens with zero attached hydrogens (tertiary/aromatic N) is 2. The largest absolute Gasteiger partial charge is 0.497 e. The molecule has 2 heterocycles. The summed E-state index contributed by atoms with van der Waals surface area (Å²) in [7, 11) is 1.66. The van der Waals surface area contributed by atoms with E-state index in [0.717, 1.165) is 22.7 Å². The lowest BCUT2D eigenvalue weighted by atomic mass is 10.2. The van der Waals surface area contributed by atoms with Gasteiger partial charge in [-0.1, -0.05) is 11.1 Å². The molecule has 0 bridgehead atoms. The summed E-state index contributed by atoms with van der Waals surface area (Å²) in [4.78, 5) is 7.91. The van der Waals surface area contributed by atoms with Gasteiger partial charge in [0.05, 0.1) is 19.5 Å². The van der Waals surface area contributed by atoms with E-state index in [9.17, 15) is 0 Å². The fourth-order valence-electron chi connectivity index (χ4n) is 2.26. The third-order valence-corrected chi connectivity index (χ3v) is 3.06. The zero-order valence-electron chi connectivity index (χ0n) is 11.3. The van der Waals surface area contributed by atoms with Gasteiger partial charge in [-0.25, -0.2) is 9.55 Å². The van der Waals surface area contributed by atoms with E-state index in [1.165, 1.54) is 11.1 Å². The SMILES string of the molecule is COc1ccc2nc(-[n+]3cc(C)cc(C)c3)[nH]c2c1. The molecule has 1 aromatic carbocycles. The number of aromatic nitrogens is 3. The number of benzene rings is 1. The Morgan fingerprint density at radius 2 is 1.84 bits per heavy atom. The van der Waals surface area contributed by atoms with Crippen LogP contribution in [-0.4, -0.2) is 17.1 Å². The minimum absolute atomic E-state index is 0.815. The number of hydrogen-bond donors (Lipinski definition) is 1. The normalized spacial score (nSPS) is 10.9. The summed E-state index contributed by atoms with van der Waals surface area (Å²) in [5, 5.41) is 0. The van der Waals surface area contributed by atoms with E-state index in [-0.39, 0.29) is 0 Å². The molecule has 96 valence electrons. The molecule has 3 rings (SSSR count). The van der Waals surface area contributed by atoms with Gasteiger partial charge in [0.1, 0.15) is 11.3 Å². The van der Waals surface area contributed by atoms with Gasteiger partial charge in [0.25, 0.3) is 0 Å². The fourth-order valence-corrected chi connectivity index (χ4v) is 2.26. The Labute approximate surface area is 111 Å². The number of nitrogens with one attached hydrogen (secondary N) is 1. The second-order valence-corrected chi connectivity index (χ2v) is 4.74. The van der Waals surface area contributed by atoms with Gasteiger partial charge in [0.2, 0.25) is 0 Å². The number of H-pyrrole nitrogens is 1. The van der Waals surface area contributed by atoms with Crippen LogP contribution in [0.25, 0.3) is 17.0 Å². The highest BCUT2D eigenvalue weighted by atomic mass is 16.5. The summed E-state index contributed by atoms with van der Waals surface area (Å²) < 4.78 is 7.23. The maximum Gasteiger partial charge on any atom is 0.401 e. The summed E-state index contributed by atoms with van der Waals surface area (Å²) >= 11 is 0. The lowest BCUT2D eigenvalue weighted by Crippen LogP contribution is -2.32. The quantitative estimate of drug-likeness (QED) is 0.714. The summed E-state index contributed by atoms with van der Waals surface area (Å²) in [5.41, 5.74) is 4.32. The average molecular weight is 254 g/mol. The molecule has 0 aliphatic rings. The maximum absolute atomic E-state index is 5.22. The number of aromatic amines is 1. The number of imidazole rings is 1. The van der Waals surface area contributed by atoms with Crippen LogP contribution in [0.15, 0.2) is 36.7 Å². The van der Waals surface area contributed by atoms with Gasteiger partial charge in [0.15, 0.2) is 5.52 Å². The first kappa shape index (κ1) is 11.7. The van der Waals surface area contributed by atoms with Gasteiger partial charge >= 0.3 is 5.95 Å². The molecule has 19 heavy (non-hydrogen) atoms. The van der Waals surface area contributed by atoms with Gasteiger partial charge in [-0.05, 0) is 37.1 Å². The minimum Gasteiger partial charge on any atom is -0.497 e. The van der Waals surface area contributed by atoms with E-state index in [4.69, 9.17) is 4.74 Å². The van der Waals surface area contributed by atoms with Crippen molar-refractivity contribution in [1.82, 2.24) is 9.97 Å². The first-order chi connectivity index (χ1) is 9.15. The molecule has 4 heteroatoms. The predicted molar refractivity (Wildman–Crippen MR) is 73.7 cm³/mol. The van der Waals surface area contributed by atoms with Gasteiger partial charge in [0, 0.05) is 6.07 Å². The molecule has 0 aliphatic carbocycles. The zero-order chi connectivity index (χ0) is 13.4. The molecule has 0 spiro atoms.